The molecule has 0 radical (unpaired) electrons. The summed E-state index contributed by atoms with van der Waals surface area (Å²) in [6.07, 6.45) is 4.57. The highest BCUT2D eigenvalue weighted by Gasteiger charge is 2.38. The van der Waals surface area contributed by atoms with Crippen LogP contribution in [-0.4, -0.2) is 35.7 Å². The number of nitriles is 1. The molecule has 0 spiro atoms. The Labute approximate surface area is 146 Å². The van der Waals surface area contributed by atoms with E-state index in [0.29, 0.717) is 28.5 Å². The zero-order valence-corrected chi connectivity index (χ0v) is 14.2. The molecule has 6 heteroatoms. The number of likely N-dealkylation sites (tertiary alicyclic amines) is 1. The van der Waals surface area contributed by atoms with Gasteiger partial charge < -0.3 is 5.32 Å². The summed E-state index contributed by atoms with van der Waals surface area (Å²) in [5, 5.41) is 12.4. The van der Waals surface area contributed by atoms with Crippen LogP contribution in [0.3, 0.4) is 0 Å². The van der Waals surface area contributed by atoms with Crippen molar-refractivity contribution in [3.8, 4) is 6.07 Å². The second-order valence-electron chi connectivity index (χ2n) is 6.49. The fourth-order valence-electron chi connectivity index (χ4n) is 3.85. The Morgan fingerprint density at radius 1 is 1.38 bits per heavy atom. The minimum absolute atomic E-state index is 0.0844. The number of carbonyl (C=O) groups excluding carboxylic acids is 2. The molecule has 1 aromatic rings. The lowest BCUT2D eigenvalue weighted by atomic mass is 9.95. The van der Waals surface area contributed by atoms with E-state index in [-0.39, 0.29) is 24.4 Å². The van der Waals surface area contributed by atoms with Gasteiger partial charge in [-0.3, -0.25) is 14.5 Å². The van der Waals surface area contributed by atoms with Crippen molar-refractivity contribution in [2.75, 3.05) is 18.4 Å². The van der Waals surface area contributed by atoms with E-state index in [1.165, 1.54) is 0 Å². The number of anilines is 1. The lowest BCUT2D eigenvalue weighted by Crippen LogP contribution is -2.41. The first kappa shape index (κ1) is 16.9. The van der Waals surface area contributed by atoms with Gasteiger partial charge in [0.15, 0.2) is 0 Å². The van der Waals surface area contributed by atoms with E-state index in [9.17, 15) is 9.59 Å². The molecule has 126 valence electrons. The van der Waals surface area contributed by atoms with Gasteiger partial charge in [0.2, 0.25) is 5.91 Å². The predicted molar refractivity (Wildman–Crippen MR) is 91.7 cm³/mol. The molecule has 5 nitrogen and oxygen atoms in total. The standard InChI is InChI=1S/C18H20ClN3O2/c19-13-7-6-12(10-20)15(9-13)21-18(24)11-22-8-2-4-16(22)14-3-1-5-17(14)23/h6-7,9,14,16H,1-5,8,11H2,(H,21,24)/t14-,16+/m0/s1. The van der Waals surface area contributed by atoms with Gasteiger partial charge in [0, 0.05) is 23.4 Å². The van der Waals surface area contributed by atoms with E-state index < -0.39 is 0 Å². The maximum Gasteiger partial charge on any atom is 0.238 e. The van der Waals surface area contributed by atoms with E-state index in [1.54, 1.807) is 18.2 Å². The fourth-order valence-corrected chi connectivity index (χ4v) is 4.02. The topological polar surface area (TPSA) is 73.2 Å². The Kier molecular flexibility index (Phi) is 5.17. The number of amides is 1. The Morgan fingerprint density at radius 2 is 2.21 bits per heavy atom. The molecule has 0 unspecified atom stereocenters. The van der Waals surface area contributed by atoms with Gasteiger partial charge >= 0.3 is 0 Å². The van der Waals surface area contributed by atoms with Crippen LogP contribution in [0.25, 0.3) is 0 Å². The van der Waals surface area contributed by atoms with Crippen LogP contribution in [0, 0.1) is 17.2 Å². The molecular formula is C18H20ClN3O2. The molecule has 1 heterocycles. The molecule has 1 aliphatic carbocycles. The summed E-state index contributed by atoms with van der Waals surface area (Å²) in [5.74, 6) is 0.251. The zero-order chi connectivity index (χ0) is 17.1. The number of nitrogens with one attached hydrogen (secondary N) is 1. The normalized spacial score (nSPS) is 24.1. The van der Waals surface area contributed by atoms with E-state index in [0.717, 1.165) is 32.2 Å². The van der Waals surface area contributed by atoms with Crippen LogP contribution >= 0.6 is 11.6 Å². The van der Waals surface area contributed by atoms with Crippen LogP contribution in [0.2, 0.25) is 5.02 Å². The maximum absolute atomic E-state index is 12.4. The average molecular weight is 346 g/mol. The van der Waals surface area contributed by atoms with Gasteiger partial charge in [-0.15, -0.1) is 0 Å². The number of benzene rings is 1. The molecule has 1 N–H and O–H groups in total. The lowest BCUT2D eigenvalue weighted by Gasteiger charge is -2.28. The number of hydrogen-bond acceptors (Lipinski definition) is 4. The van der Waals surface area contributed by atoms with Gasteiger partial charge in [0.25, 0.3) is 0 Å². The van der Waals surface area contributed by atoms with Crippen LogP contribution in [0.5, 0.6) is 0 Å². The first-order valence-electron chi connectivity index (χ1n) is 8.35. The van der Waals surface area contributed by atoms with Gasteiger partial charge in [-0.1, -0.05) is 11.6 Å². The summed E-state index contributed by atoms with van der Waals surface area (Å²) in [6, 6.07) is 7.03. The number of hydrogen-bond donors (Lipinski definition) is 1. The molecule has 1 amide bonds. The van der Waals surface area contributed by atoms with E-state index in [1.807, 2.05) is 6.07 Å². The molecule has 1 aliphatic heterocycles. The first-order chi connectivity index (χ1) is 11.6. The fraction of sp³-hybridized carbons (Fsp3) is 0.500. The molecule has 2 aliphatic rings. The molecule has 1 saturated heterocycles. The van der Waals surface area contributed by atoms with Gasteiger partial charge in [-0.05, 0) is 50.4 Å². The summed E-state index contributed by atoms with van der Waals surface area (Å²) in [7, 11) is 0. The summed E-state index contributed by atoms with van der Waals surface area (Å²) >= 11 is 5.94. The molecule has 1 aromatic carbocycles. The largest absolute Gasteiger partial charge is 0.324 e. The van der Waals surface area contributed by atoms with Gasteiger partial charge in [-0.25, -0.2) is 0 Å². The highest BCUT2D eigenvalue weighted by molar-refractivity contribution is 6.31. The van der Waals surface area contributed by atoms with Gasteiger partial charge in [-0.2, -0.15) is 5.26 Å². The minimum atomic E-state index is -0.175. The second-order valence-corrected chi connectivity index (χ2v) is 6.93. The Hall–Kier alpha value is -1.90. The van der Waals surface area contributed by atoms with Crippen molar-refractivity contribution in [3.05, 3.63) is 28.8 Å². The second kappa shape index (κ2) is 7.33. The number of halogens is 1. The number of rotatable bonds is 4. The molecule has 1 saturated carbocycles. The third-order valence-electron chi connectivity index (χ3n) is 4.95. The number of carbonyl (C=O) groups is 2. The molecule has 2 fully saturated rings. The summed E-state index contributed by atoms with van der Waals surface area (Å²) in [5.41, 5.74) is 0.819. The van der Waals surface area contributed by atoms with E-state index in [2.05, 4.69) is 10.2 Å². The van der Waals surface area contributed by atoms with Crippen molar-refractivity contribution in [2.24, 2.45) is 5.92 Å². The summed E-state index contributed by atoms with van der Waals surface area (Å²) in [4.78, 5) is 26.5. The average Bonchev–Trinajstić information content (AvgIpc) is 3.16. The quantitative estimate of drug-likeness (QED) is 0.910. The van der Waals surface area contributed by atoms with Crippen LogP contribution in [0.15, 0.2) is 18.2 Å². The van der Waals surface area contributed by atoms with E-state index in [4.69, 9.17) is 16.9 Å². The zero-order valence-electron chi connectivity index (χ0n) is 13.4. The first-order valence-corrected chi connectivity index (χ1v) is 8.72. The van der Waals surface area contributed by atoms with Gasteiger partial charge in [0.1, 0.15) is 11.9 Å². The van der Waals surface area contributed by atoms with Crippen molar-refractivity contribution in [2.45, 2.75) is 38.1 Å². The van der Waals surface area contributed by atoms with Crippen molar-refractivity contribution < 1.29 is 9.59 Å². The maximum atomic E-state index is 12.4. The number of Topliss-reactive ketones (excluding diaryl/α,β-unsaturated/α-hetero) is 1. The Morgan fingerprint density at radius 3 is 2.92 bits per heavy atom. The Bertz CT molecular complexity index is 698. The SMILES string of the molecule is N#Cc1ccc(Cl)cc1NC(=O)CN1CCC[C@@H]1[C@@H]1CCCC1=O. The number of nitrogens with zero attached hydrogens (tertiary/aromatic N) is 2. The number of ketones is 1. The molecule has 0 aromatic heterocycles. The summed E-state index contributed by atoms with van der Waals surface area (Å²) in [6.45, 7) is 1.08. The van der Waals surface area contributed by atoms with Crippen molar-refractivity contribution >= 4 is 29.0 Å². The molecule has 3 rings (SSSR count). The molecule has 24 heavy (non-hydrogen) atoms. The third kappa shape index (κ3) is 3.61. The van der Waals surface area contributed by atoms with Crippen LogP contribution in [0.4, 0.5) is 5.69 Å². The Balaban J connectivity index is 1.65. The predicted octanol–water partition coefficient (Wildman–Crippen LogP) is 2.98. The molecule has 2 atom stereocenters. The van der Waals surface area contributed by atoms with E-state index >= 15 is 0 Å². The molecular weight excluding hydrogens is 326 g/mol. The third-order valence-corrected chi connectivity index (χ3v) is 5.19. The van der Waals surface area contributed by atoms with Crippen molar-refractivity contribution in [3.63, 3.8) is 0 Å². The highest BCUT2D eigenvalue weighted by atomic mass is 35.5. The van der Waals surface area contributed by atoms with Crippen molar-refractivity contribution in [1.82, 2.24) is 4.90 Å². The summed E-state index contributed by atoms with van der Waals surface area (Å²) < 4.78 is 0. The minimum Gasteiger partial charge on any atom is -0.324 e. The molecule has 0 bridgehead atoms. The monoisotopic (exact) mass is 345 g/mol. The van der Waals surface area contributed by atoms with Crippen LogP contribution in [-0.2, 0) is 9.59 Å². The lowest BCUT2D eigenvalue weighted by molar-refractivity contribution is -0.124. The van der Waals surface area contributed by atoms with Crippen LogP contribution < -0.4 is 5.32 Å². The highest BCUT2D eigenvalue weighted by Crippen LogP contribution is 2.33. The smallest absolute Gasteiger partial charge is 0.238 e. The van der Waals surface area contributed by atoms with Gasteiger partial charge in [0.05, 0.1) is 17.8 Å². The van der Waals surface area contributed by atoms with Crippen LogP contribution in [0.1, 0.15) is 37.7 Å². The van der Waals surface area contributed by atoms with Crippen molar-refractivity contribution in [1.29, 1.82) is 5.26 Å².